The maximum Gasteiger partial charge on any atom is 0.0701 e. The van der Waals surface area contributed by atoms with Crippen LogP contribution in [0, 0.1) is 0 Å². The van der Waals surface area contributed by atoms with E-state index in [1.54, 1.807) is 11.9 Å². The van der Waals surface area contributed by atoms with Crippen LogP contribution in [0.4, 0.5) is 5.69 Å². The first-order chi connectivity index (χ1) is 11.3. The quantitative estimate of drug-likeness (QED) is 0.286. The molecule has 0 aromatic heterocycles. The molecule has 0 aliphatic heterocycles. The first kappa shape index (κ1) is 22.2. The summed E-state index contributed by atoms with van der Waals surface area (Å²) >= 11 is 1.57. The summed E-state index contributed by atoms with van der Waals surface area (Å²) in [7, 11) is 0. The molecule has 1 aromatic rings. The summed E-state index contributed by atoms with van der Waals surface area (Å²) in [6.45, 7) is 8.87. The molecule has 0 spiro atoms. The summed E-state index contributed by atoms with van der Waals surface area (Å²) in [5.74, 6) is 0. The normalized spacial score (nSPS) is 10.2. The molecule has 134 valence electrons. The molecule has 0 atom stereocenters. The van der Waals surface area contributed by atoms with Crippen molar-refractivity contribution in [3.63, 3.8) is 0 Å². The van der Waals surface area contributed by atoms with Crippen LogP contribution in [0.25, 0.3) is 0 Å². The van der Waals surface area contributed by atoms with Crippen LogP contribution in [0.2, 0.25) is 0 Å². The second-order valence-corrected chi connectivity index (χ2v) is 5.16. The zero-order valence-electron chi connectivity index (χ0n) is 14.3. The fraction of sp³-hybridized carbons (Fsp3) is 0.625. The molecular formula is C16H31N3O3S. The molecule has 0 saturated carbocycles. The van der Waals surface area contributed by atoms with Crippen LogP contribution in [0.3, 0.4) is 0 Å². The van der Waals surface area contributed by atoms with E-state index in [0.29, 0.717) is 46.2 Å². The van der Waals surface area contributed by atoms with Gasteiger partial charge in [-0.25, -0.2) is 0 Å². The molecule has 5 N–H and O–H groups in total. The van der Waals surface area contributed by atoms with Crippen LogP contribution >= 0.6 is 11.9 Å². The van der Waals surface area contributed by atoms with Crippen molar-refractivity contribution in [1.29, 1.82) is 0 Å². The Balaban J connectivity index is 0.00000232. The summed E-state index contributed by atoms with van der Waals surface area (Å²) in [6, 6.07) is 7.73. The molecule has 0 aliphatic carbocycles. The molecule has 1 rings (SSSR count). The van der Waals surface area contributed by atoms with Gasteiger partial charge in [0, 0.05) is 23.7 Å². The third kappa shape index (κ3) is 14.5. The first-order valence-electron chi connectivity index (χ1n) is 8.01. The Kier molecular flexibility index (Phi) is 16.9. The van der Waals surface area contributed by atoms with E-state index in [9.17, 15) is 0 Å². The maximum atomic E-state index is 5.62. The fourth-order valence-electron chi connectivity index (χ4n) is 1.41. The Morgan fingerprint density at radius 2 is 1.39 bits per heavy atom. The molecule has 0 unspecified atom stereocenters. The topological polar surface area (TPSA) is 91.8 Å². The summed E-state index contributed by atoms with van der Waals surface area (Å²) in [6.07, 6.45) is 0. The van der Waals surface area contributed by atoms with E-state index in [2.05, 4.69) is 4.72 Å². The minimum absolute atomic E-state index is 0.546. The summed E-state index contributed by atoms with van der Waals surface area (Å²) in [5.41, 5.74) is 11.7. The Hall–Kier alpha value is -0.830. The molecule has 7 heteroatoms. The first-order valence-corrected chi connectivity index (χ1v) is 8.83. The highest BCUT2D eigenvalue weighted by molar-refractivity contribution is 7.97. The number of hydrogen-bond donors (Lipinski definition) is 3. The smallest absolute Gasteiger partial charge is 0.0701 e. The minimum Gasteiger partial charge on any atom is -0.399 e. The second-order valence-electron chi connectivity index (χ2n) is 4.19. The monoisotopic (exact) mass is 345 g/mol. The van der Waals surface area contributed by atoms with E-state index in [1.807, 2.05) is 38.1 Å². The maximum absolute atomic E-state index is 5.62. The highest BCUT2D eigenvalue weighted by atomic mass is 32.2. The van der Waals surface area contributed by atoms with Gasteiger partial charge in [0.2, 0.25) is 0 Å². The van der Waals surface area contributed by atoms with E-state index < -0.39 is 0 Å². The van der Waals surface area contributed by atoms with Crippen molar-refractivity contribution in [2.45, 2.75) is 18.7 Å². The number of nitrogens with two attached hydrogens (primary N) is 2. The zero-order valence-corrected chi connectivity index (χ0v) is 15.1. The number of benzene rings is 1. The van der Waals surface area contributed by atoms with E-state index >= 15 is 0 Å². The molecule has 1 aromatic carbocycles. The van der Waals surface area contributed by atoms with Gasteiger partial charge < -0.3 is 25.7 Å². The number of ether oxygens (including phenoxy) is 3. The average molecular weight is 346 g/mol. The molecule has 0 radical (unpaired) electrons. The van der Waals surface area contributed by atoms with Gasteiger partial charge in [-0.1, -0.05) is 13.8 Å². The van der Waals surface area contributed by atoms with Crippen LogP contribution in [-0.2, 0) is 14.2 Å². The van der Waals surface area contributed by atoms with Crippen molar-refractivity contribution in [1.82, 2.24) is 4.72 Å². The predicted molar refractivity (Wildman–Crippen MR) is 97.6 cm³/mol. The van der Waals surface area contributed by atoms with Crippen molar-refractivity contribution in [3.05, 3.63) is 24.3 Å². The van der Waals surface area contributed by atoms with E-state index in [0.717, 1.165) is 17.1 Å². The minimum atomic E-state index is 0.546. The fourth-order valence-corrected chi connectivity index (χ4v) is 2.03. The van der Waals surface area contributed by atoms with Gasteiger partial charge in [-0.05, 0) is 36.2 Å². The lowest BCUT2D eigenvalue weighted by Gasteiger charge is -2.07. The van der Waals surface area contributed by atoms with Crippen LogP contribution in [0.5, 0.6) is 0 Å². The average Bonchev–Trinajstić information content (AvgIpc) is 2.59. The molecular weight excluding hydrogens is 314 g/mol. The van der Waals surface area contributed by atoms with Crippen LogP contribution in [0.15, 0.2) is 29.2 Å². The number of hydrogen-bond acceptors (Lipinski definition) is 7. The molecule has 0 fully saturated rings. The lowest BCUT2D eigenvalue weighted by molar-refractivity contribution is 0.0172. The largest absolute Gasteiger partial charge is 0.399 e. The van der Waals surface area contributed by atoms with Gasteiger partial charge in [0.1, 0.15) is 0 Å². The summed E-state index contributed by atoms with van der Waals surface area (Å²) < 4.78 is 19.2. The van der Waals surface area contributed by atoms with Gasteiger partial charge in [-0.2, -0.15) is 0 Å². The number of rotatable bonds is 13. The highest BCUT2D eigenvalue weighted by Crippen LogP contribution is 2.15. The molecule has 0 amide bonds. The zero-order chi connectivity index (χ0) is 17.2. The Morgan fingerprint density at radius 1 is 0.870 bits per heavy atom. The van der Waals surface area contributed by atoms with Crippen molar-refractivity contribution in [2.75, 3.05) is 58.5 Å². The second kappa shape index (κ2) is 17.5. The molecule has 0 heterocycles. The van der Waals surface area contributed by atoms with Gasteiger partial charge in [-0.15, -0.1) is 0 Å². The van der Waals surface area contributed by atoms with Crippen molar-refractivity contribution < 1.29 is 14.2 Å². The lowest BCUT2D eigenvalue weighted by Crippen LogP contribution is -2.16. The van der Waals surface area contributed by atoms with Gasteiger partial charge in [0.25, 0.3) is 0 Å². The van der Waals surface area contributed by atoms with Gasteiger partial charge >= 0.3 is 0 Å². The third-order valence-corrected chi connectivity index (χ3v) is 3.28. The lowest BCUT2D eigenvalue weighted by atomic mass is 10.3. The van der Waals surface area contributed by atoms with Gasteiger partial charge in [0.15, 0.2) is 0 Å². The third-order valence-electron chi connectivity index (χ3n) is 2.42. The van der Waals surface area contributed by atoms with Crippen LogP contribution in [0.1, 0.15) is 13.8 Å². The molecule has 6 nitrogen and oxygen atoms in total. The molecule has 23 heavy (non-hydrogen) atoms. The molecule has 0 bridgehead atoms. The number of anilines is 1. The Morgan fingerprint density at radius 3 is 1.96 bits per heavy atom. The number of nitrogen functional groups attached to an aromatic ring is 1. The molecule has 0 aliphatic rings. The SMILES string of the molecule is CC.NCCOCCOCCOCCNSc1ccc(N)cc1. The number of nitrogens with one attached hydrogen (secondary N) is 1. The van der Waals surface area contributed by atoms with Crippen molar-refractivity contribution >= 4 is 17.6 Å². The summed E-state index contributed by atoms with van der Waals surface area (Å²) in [4.78, 5) is 1.13. The summed E-state index contributed by atoms with van der Waals surface area (Å²) in [5, 5.41) is 0. The van der Waals surface area contributed by atoms with Crippen LogP contribution < -0.4 is 16.2 Å². The van der Waals surface area contributed by atoms with E-state index in [4.69, 9.17) is 25.7 Å². The van der Waals surface area contributed by atoms with E-state index in [1.165, 1.54) is 0 Å². The highest BCUT2D eigenvalue weighted by Gasteiger charge is 1.94. The van der Waals surface area contributed by atoms with Gasteiger partial charge in [0.05, 0.1) is 39.6 Å². The standard InChI is InChI=1S/C14H25N3O3S.C2H6/c15-5-7-18-9-11-20-12-10-19-8-6-17-21-14-3-1-13(16)2-4-14;1-2/h1-4,17H,5-12,15-16H2;1-2H3. The van der Waals surface area contributed by atoms with Gasteiger partial charge in [-0.3, -0.25) is 4.72 Å². The Labute approximate surface area is 144 Å². The Bertz CT molecular complexity index is 353. The van der Waals surface area contributed by atoms with E-state index in [-0.39, 0.29) is 0 Å². The van der Waals surface area contributed by atoms with Crippen molar-refractivity contribution in [2.24, 2.45) is 5.73 Å². The molecule has 0 saturated heterocycles. The van der Waals surface area contributed by atoms with Crippen molar-refractivity contribution in [3.8, 4) is 0 Å². The predicted octanol–water partition coefficient (Wildman–Crippen LogP) is 1.90. The van der Waals surface area contributed by atoms with Crippen LogP contribution in [-0.4, -0.2) is 52.7 Å².